The van der Waals surface area contributed by atoms with Crippen LogP contribution in [0.4, 0.5) is 0 Å². The van der Waals surface area contributed by atoms with Gasteiger partial charge in [0.1, 0.15) is 11.3 Å². The lowest BCUT2D eigenvalue weighted by Crippen LogP contribution is -2.02. The van der Waals surface area contributed by atoms with E-state index in [-0.39, 0.29) is 17.2 Å². The fourth-order valence-electron chi connectivity index (χ4n) is 2.05. The highest BCUT2D eigenvalue weighted by atomic mass is 16.5. The Morgan fingerprint density at radius 1 is 1.10 bits per heavy atom. The first kappa shape index (κ1) is 13.1. The fourth-order valence-corrected chi connectivity index (χ4v) is 2.05. The van der Waals surface area contributed by atoms with Gasteiger partial charge in [-0.15, -0.1) is 0 Å². The number of aromatic carboxylic acids is 1. The van der Waals surface area contributed by atoms with E-state index in [0.29, 0.717) is 5.52 Å². The maximum Gasteiger partial charge on any atom is 0.339 e. The molecule has 2 aromatic carbocycles. The van der Waals surface area contributed by atoms with Gasteiger partial charge in [-0.2, -0.15) is 0 Å². The zero-order valence-corrected chi connectivity index (χ0v) is 11.3. The lowest BCUT2D eigenvalue weighted by atomic mass is 10.1. The molecule has 5 nitrogen and oxygen atoms in total. The van der Waals surface area contributed by atoms with Crippen molar-refractivity contribution in [1.29, 1.82) is 0 Å². The lowest BCUT2D eigenvalue weighted by molar-refractivity contribution is 0.0694. The van der Waals surface area contributed by atoms with Crippen LogP contribution in [0.25, 0.3) is 11.0 Å². The fraction of sp³-hybridized carbons (Fsp3) is 0.0625. The molecule has 0 bridgehead atoms. The van der Waals surface area contributed by atoms with Crippen LogP contribution in [0.1, 0.15) is 15.9 Å². The van der Waals surface area contributed by atoms with E-state index in [9.17, 15) is 9.90 Å². The number of nitrogens with zero attached hydrogens (tertiary/aromatic N) is 2. The molecule has 104 valence electrons. The first-order valence-electron chi connectivity index (χ1n) is 6.38. The summed E-state index contributed by atoms with van der Waals surface area (Å²) in [5.74, 6) is -0.484. The molecule has 1 heterocycles. The largest absolute Gasteiger partial charge is 0.478 e. The molecule has 0 unspecified atom stereocenters. The molecule has 0 aliphatic rings. The highest BCUT2D eigenvalue weighted by Crippen LogP contribution is 2.28. The van der Waals surface area contributed by atoms with Crippen molar-refractivity contribution in [3.63, 3.8) is 0 Å². The zero-order chi connectivity index (χ0) is 14.8. The molecule has 3 rings (SSSR count). The van der Waals surface area contributed by atoms with Crippen LogP contribution in [0.15, 0.2) is 48.7 Å². The molecule has 0 aliphatic heterocycles. The van der Waals surface area contributed by atoms with E-state index in [1.165, 1.54) is 12.3 Å². The van der Waals surface area contributed by atoms with Crippen LogP contribution < -0.4 is 4.74 Å². The molecule has 0 spiro atoms. The van der Waals surface area contributed by atoms with Crippen molar-refractivity contribution in [1.82, 2.24) is 9.97 Å². The summed E-state index contributed by atoms with van der Waals surface area (Å²) in [5, 5.41) is 9.22. The van der Waals surface area contributed by atoms with E-state index in [1.807, 2.05) is 24.3 Å². The van der Waals surface area contributed by atoms with Gasteiger partial charge < -0.3 is 9.84 Å². The molecular formula is C16H12N2O3. The summed E-state index contributed by atoms with van der Waals surface area (Å²) in [4.78, 5) is 19.8. The van der Waals surface area contributed by atoms with Crippen molar-refractivity contribution in [3.05, 3.63) is 59.8 Å². The normalized spacial score (nSPS) is 10.5. The number of ether oxygens (including phenoxy) is 1. The first-order valence-corrected chi connectivity index (χ1v) is 6.38. The highest BCUT2D eigenvalue weighted by Gasteiger charge is 2.15. The SMILES string of the molecule is Cc1cccc(C(=O)O)c1Oc1cnc2ccccc2n1. The second-order valence-electron chi connectivity index (χ2n) is 4.56. The van der Waals surface area contributed by atoms with Gasteiger partial charge in [0.15, 0.2) is 0 Å². The summed E-state index contributed by atoms with van der Waals surface area (Å²) >= 11 is 0. The molecule has 0 saturated carbocycles. The molecule has 1 N–H and O–H groups in total. The molecule has 0 saturated heterocycles. The van der Waals surface area contributed by atoms with Gasteiger partial charge in [0.25, 0.3) is 0 Å². The Hall–Kier alpha value is -2.95. The minimum atomic E-state index is -1.04. The zero-order valence-electron chi connectivity index (χ0n) is 11.3. The molecule has 0 amide bonds. The van der Waals surface area contributed by atoms with Gasteiger partial charge in [-0.25, -0.2) is 14.8 Å². The van der Waals surface area contributed by atoms with Gasteiger partial charge in [-0.1, -0.05) is 24.3 Å². The highest BCUT2D eigenvalue weighted by molar-refractivity contribution is 5.91. The molecule has 0 atom stereocenters. The van der Waals surface area contributed by atoms with E-state index in [1.54, 1.807) is 19.1 Å². The number of carboxylic acids is 1. The molecule has 0 aliphatic carbocycles. The number of rotatable bonds is 3. The van der Waals surface area contributed by atoms with Gasteiger partial charge in [0.05, 0.1) is 17.2 Å². The van der Waals surface area contributed by atoms with Crippen LogP contribution in [0, 0.1) is 6.92 Å². The Labute approximate surface area is 120 Å². The maximum atomic E-state index is 11.3. The van der Waals surface area contributed by atoms with E-state index in [4.69, 9.17) is 4.74 Å². The van der Waals surface area contributed by atoms with Gasteiger partial charge in [-0.05, 0) is 30.7 Å². The van der Waals surface area contributed by atoms with E-state index in [0.717, 1.165) is 11.1 Å². The minimum absolute atomic E-state index is 0.102. The lowest BCUT2D eigenvalue weighted by Gasteiger charge is -2.10. The summed E-state index contributed by atoms with van der Waals surface area (Å²) in [6.07, 6.45) is 1.49. The Kier molecular flexibility index (Phi) is 3.23. The Balaban J connectivity index is 2.04. The maximum absolute atomic E-state index is 11.3. The van der Waals surface area contributed by atoms with Crippen molar-refractivity contribution >= 4 is 17.0 Å². The van der Waals surface area contributed by atoms with Crippen molar-refractivity contribution in [3.8, 4) is 11.6 Å². The van der Waals surface area contributed by atoms with Crippen LogP contribution in [0.3, 0.4) is 0 Å². The van der Waals surface area contributed by atoms with Crippen molar-refractivity contribution < 1.29 is 14.6 Å². The van der Waals surface area contributed by atoms with E-state index in [2.05, 4.69) is 9.97 Å². The molecule has 1 aromatic heterocycles. The van der Waals surface area contributed by atoms with Crippen molar-refractivity contribution in [2.45, 2.75) is 6.92 Å². The number of benzene rings is 2. The quantitative estimate of drug-likeness (QED) is 0.795. The number of aromatic nitrogens is 2. The summed E-state index contributed by atoms with van der Waals surface area (Å²) in [5.41, 5.74) is 2.28. The third-order valence-corrected chi connectivity index (χ3v) is 3.08. The predicted octanol–water partition coefficient (Wildman–Crippen LogP) is 3.43. The summed E-state index contributed by atoms with van der Waals surface area (Å²) < 4.78 is 5.66. The topological polar surface area (TPSA) is 72.3 Å². The van der Waals surface area contributed by atoms with Crippen LogP contribution in [0.5, 0.6) is 11.6 Å². The molecule has 0 fully saturated rings. The number of carbonyl (C=O) groups is 1. The van der Waals surface area contributed by atoms with E-state index < -0.39 is 5.97 Å². The van der Waals surface area contributed by atoms with Gasteiger partial charge in [0, 0.05) is 0 Å². The average Bonchev–Trinajstić information content (AvgIpc) is 2.49. The monoisotopic (exact) mass is 280 g/mol. The van der Waals surface area contributed by atoms with Crippen molar-refractivity contribution in [2.75, 3.05) is 0 Å². The number of hydrogen-bond donors (Lipinski definition) is 1. The van der Waals surface area contributed by atoms with Crippen LogP contribution in [0.2, 0.25) is 0 Å². The first-order chi connectivity index (χ1) is 10.1. The second-order valence-corrected chi connectivity index (χ2v) is 4.56. The van der Waals surface area contributed by atoms with Gasteiger partial charge in [0.2, 0.25) is 5.88 Å². The summed E-state index contributed by atoms with van der Waals surface area (Å²) in [6.45, 7) is 1.79. The molecule has 3 aromatic rings. The molecule has 21 heavy (non-hydrogen) atoms. The minimum Gasteiger partial charge on any atom is -0.478 e. The third kappa shape index (κ3) is 2.53. The third-order valence-electron chi connectivity index (χ3n) is 3.08. The van der Waals surface area contributed by atoms with Gasteiger partial charge in [-0.3, -0.25) is 0 Å². The predicted molar refractivity (Wildman–Crippen MR) is 77.8 cm³/mol. The average molecular weight is 280 g/mol. The number of hydrogen-bond acceptors (Lipinski definition) is 4. The number of fused-ring (bicyclic) bond motifs is 1. The Bertz CT molecular complexity index is 831. The van der Waals surface area contributed by atoms with E-state index >= 15 is 0 Å². The number of aryl methyl sites for hydroxylation is 1. The van der Waals surface area contributed by atoms with Crippen LogP contribution >= 0.6 is 0 Å². The van der Waals surface area contributed by atoms with Gasteiger partial charge >= 0.3 is 5.97 Å². The molecule has 0 radical (unpaired) electrons. The summed E-state index contributed by atoms with van der Waals surface area (Å²) in [6, 6.07) is 12.4. The molecule has 5 heteroatoms. The number of carboxylic acid groups (broad SMARTS) is 1. The Morgan fingerprint density at radius 2 is 1.86 bits per heavy atom. The second kappa shape index (κ2) is 5.20. The van der Waals surface area contributed by atoms with Crippen molar-refractivity contribution in [2.24, 2.45) is 0 Å². The number of para-hydroxylation sites is 3. The standard InChI is InChI=1S/C16H12N2O3/c1-10-5-4-6-11(16(19)20)15(10)21-14-9-17-12-7-2-3-8-13(12)18-14/h2-9H,1H3,(H,19,20). The van der Waals surface area contributed by atoms with Crippen LogP contribution in [-0.2, 0) is 0 Å². The Morgan fingerprint density at radius 3 is 2.62 bits per heavy atom. The van der Waals surface area contributed by atoms with Crippen LogP contribution in [-0.4, -0.2) is 21.0 Å². The molecular weight excluding hydrogens is 268 g/mol. The summed E-state index contributed by atoms with van der Waals surface area (Å²) in [7, 11) is 0. The smallest absolute Gasteiger partial charge is 0.339 e.